The lowest BCUT2D eigenvalue weighted by molar-refractivity contribution is 0.311. The van der Waals surface area contributed by atoms with Crippen molar-refractivity contribution in [2.45, 2.75) is 20.3 Å². The van der Waals surface area contributed by atoms with Crippen LogP contribution in [0.4, 0.5) is 11.6 Å². The number of amidine groups is 1. The van der Waals surface area contributed by atoms with E-state index >= 15 is 0 Å². The van der Waals surface area contributed by atoms with Crippen molar-refractivity contribution in [3.63, 3.8) is 0 Å². The fourth-order valence-electron chi connectivity index (χ4n) is 4.99. The topological polar surface area (TPSA) is 78.8 Å². The van der Waals surface area contributed by atoms with Crippen LogP contribution in [0.2, 0.25) is 0 Å². The van der Waals surface area contributed by atoms with Gasteiger partial charge in [0.15, 0.2) is 0 Å². The molecule has 6 rings (SSSR count). The second kappa shape index (κ2) is 9.78. The van der Waals surface area contributed by atoms with Crippen molar-refractivity contribution >= 4 is 29.1 Å². The highest BCUT2D eigenvalue weighted by molar-refractivity contribution is 6.10. The zero-order chi connectivity index (χ0) is 25.4. The Morgan fingerprint density at radius 3 is 2.65 bits per heavy atom. The van der Waals surface area contributed by atoms with Crippen LogP contribution in [0.1, 0.15) is 29.3 Å². The summed E-state index contributed by atoms with van der Waals surface area (Å²) in [7, 11) is 2.15. The zero-order valence-electron chi connectivity index (χ0n) is 21.5. The Morgan fingerprint density at radius 2 is 1.84 bits per heavy atom. The number of nitrogens with one attached hydrogen (secondary N) is 1. The quantitative estimate of drug-likeness (QED) is 0.557. The predicted octanol–water partition coefficient (Wildman–Crippen LogP) is 4.59. The molecule has 3 aromatic rings. The third-order valence-electron chi connectivity index (χ3n) is 7.12. The zero-order valence-corrected chi connectivity index (χ0v) is 21.5. The molecular weight excluding hydrogens is 462 g/mol. The molecule has 37 heavy (non-hydrogen) atoms. The van der Waals surface area contributed by atoms with Gasteiger partial charge < -0.3 is 19.9 Å². The molecule has 0 radical (unpaired) electrons. The molecule has 0 unspecified atom stereocenters. The fraction of sp³-hybridized carbons (Fsp3) is 0.310. The number of aliphatic imine (C=N–C) groups is 1. The number of rotatable bonds is 5. The molecule has 0 bridgehead atoms. The summed E-state index contributed by atoms with van der Waals surface area (Å²) in [4.78, 5) is 23.3. The molecular formula is C29H31N7O. The summed E-state index contributed by atoms with van der Waals surface area (Å²) in [5, 5.41) is 3.39. The Balaban J connectivity index is 1.29. The molecule has 0 atom stereocenters. The van der Waals surface area contributed by atoms with E-state index in [1.165, 1.54) is 16.7 Å². The maximum Gasteiger partial charge on any atom is 0.325 e. The van der Waals surface area contributed by atoms with E-state index < -0.39 is 0 Å². The van der Waals surface area contributed by atoms with Gasteiger partial charge in [-0.1, -0.05) is 23.8 Å². The molecule has 4 heterocycles. The molecule has 2 aromatic heterocycles. The SMILES string of the molecule is CC1=Cc2c(ccc(Oc3nc(NC4=NCC(c5ccccn5)=C4)cc(N4CCN(C)CC4)n3)c2C)C1. The third kappa shape index (κ3) is 4.97. The summed E-state index contributed by atoms with van der Waals surface area (Å²) in [6.07, 6.45) is 7.07. The van der Waals surface area contributed by atoms with Crippen LogP contribution in [-0.4, -0.2) is 65.5 Å². The van der Waals surface area contributed by atoms with Gasteiger partial charge in [-0.25, -0.2) is 0 Å². The van der Waals surface area contributed by atoms with Crippen LogP contribution in [0.5, 0.6) is 11.8 Å². The third-order valence-corrected chi connectivity index (χ3v) is 7.12. The monoisotopic (exact) mass is 493 g/mol. The van der Waals surface area contributed by atoms with E-state index in [0.29, 0.717) is 18.4 Å². The Morgan fingerprint density at radius 1 is 0.973 bits per heavy atom. The van der Waals surface area contributed by atoms with E-state index in [1.807, 2.05) is 36.4 Å². The molecule has 3 aliphatic rings. The number of allylic oxidation sites excluding steroid dienone is 1. The Labute approximate surface area is 217 Å². The van der Waals surface area contributed by atoms with Crippen molar-refractivity contribution < 1.29 is 4.74 Å². The minimum Gasteiger partial charge on any atom is -0.424 e. The minimum atomic E-state index is 0.327. The highest BCUT2D eigenvalue weighted by Gasteiger charge is 2.21. The molecule has 1 aliphatic carbocycles. The van der Waals surface area contributed by atoms with E-state index in [1.54, 1.807) is 6.20 Å². The maximum absolute atomic E-state index is 6.32. The number of fused-ring (bicyclic) bond motifs is 1. The summed E-state index contributed by atoms with van der Waals surface area (Å²) < 4.78 is 6.32. The number of nitrogens with zero attached hydrogens (tertiary/aromatic N) is 6. The van der Waals surface area contributed by atoms with Crippen LogP contribution < -0.4 is 15.0 Å². The predicted molar refractivity (Wildman–Crippen MR) is 148 cm³/mol. The van der Waals surface area contributed by atoms with Gasteiger partial charge in [-0.15, -0.1) is 0 Å². The van der Waals surface area contributed by atoms with Crippen molar-refractivity contribution in [2.24, 2.45) is 4.99 Å². The molecule has 1 saturated heterocycles. The average molecular weight is 494 g/mol. The molecule has 8 nitrogen and oxygen atoms in total. The van der Waals surface area contributed by atoms with E-state index in [0.717, 1.165) is 66.8 Å². The Kier molecular flexibility index (Phi) is 6.18. The number of anilines is 2. The molecule has 1 aromatic carbocycles. The van der Waals surface area contributed by atoms with Gasteiger partial charge in [0.25, 0.3) is 0 Å². The van der Waals surface area contributed by atoms with Gasteiger partial charge in [0.05, 0.1) is 12.2 Å². The van der Waals surface area contributed by atoms with E-state index in [2.05, 4.69) is 58.1 Å². The van der Waals surface area contributed by atoms with Crippen molar-refractivity contribution in [2.75, 3.05) is 50.0 Å². The number of aromatic nitrogens is 3. The van der Waals surface area contributed by atoms with Crippen LogP contribution in [0, 0.1) is 6.92 Å². The lowest BCUT2D eigenvalue weighted by Gasteiger charge is -2.33. The van der Waals surface area contributed by atoms with Gasteiger partial charge in [0, 0.05) is 44.0 Å². The van der Waals surface area contributed by atoms with Gasteiger partial charge >= 0.3 is 6.01 Å². The number of likely N-dealkylation sites (N-methyl/N-ethyl adjacent to an activating group) is 1. The number of piperazine rings is 1. The van der Waals surface area contributed by atoms with Crippen molar-refractivity contribution in [3.05, 3.63) is 76.6 Å². The highest BCUT2D eigenvalue weighted by atomic mass is 16.5. The van der Waals surface area contributed by atoms with E-state index in [-0.39, 0.29) is 0 Å². The second-order valence-corrected chi connectivity index (χ2v) is 9.93. The first-order valence-electron chi connectivity index (χ1n) is 12.8. The number of pyridine rings is 1. The van der Waals surface area contributed by atoms with Crippen molar-refractivity contribution in [1.29, 1.82) is 0 Å². The van der Waals surface area contributed by atoms with E-state index in [9.17, 15) is 0 Å². The molecule has 0 spiro atoms. The first kappa shape index (κ1) is 23.4. The van der Waals surface area contributed by atoms with Crippen LogP contribution in [0.3, 0.4) is 0 Å². The molecule has 2 aliphatic heterocycles. The number of hydrogen-bond donors (Lipinski definition) is 1. The molecule has 0 amide bonds. The number of benzene rings is 1. The van der Waals surface area contributed by atoms with Crippen LogP contribution in [0.25, 0.3) is 11.6 Å². The normalized spacial score (nSPS) is 17.3. The molecule has 1 fully saturated rings. The lowest BCUT2D eigenvalue weighted by Crippen LogP contribution is -2.44. The van der Waals surface area contributed by atoms with Gasteiger partial charge in [-0.05, 0) is 68.3 Å². The summed E-state index contributed by atoms with van der Waals surface area (Å²) in [5.41, 5.74) is 7.07. The largest absolute Gasteiger partial charge is 0.424 e. The van der Waals surface area contributed by atoms with E-state index in [4.69, 9.17) is 14.7 Å². The van der Waals surface area contributed by atoms with Crippen LogP contribution in [-0.2, 0) is 6.42 Å². The van der Waals surface area contributed by atoms with Gasteiger partial charge in [-0.2, -0.15) is 9.97 Å². The molecule has 8 heteroatoms. The Hall–Kier alpha value is -4.04. The van der Waals surface area contributed by atoms with Gasteiger partial charge in [0.2, 0.25) is 0 Å². The summed E-state index contributed by atoms with van der Waals surface area (Å²) in [5.74, 6) is 3.04. The number of hydrogen-bond acceptors (Lipinski definition) is 8. The number of ether oxygens (including phenoxy) is 1. The van der Waals surface area contributed by atoms with Crippen LogP contribution >= 0.6 is 0 Å². The standard InChI is InChI=1S/C29H31N7O/c1-19-14-21-7-8-25(20(2)23(21)15-19)37-29-33-27(17-28(34-29)36-12-10-35(3)11-13-36)32-26-16-22(18-31-26)24-6-4-5-9-30-24/h4-9,15-17H,10-14,18H2,1-3H3,(H,31,32,33,34). The van der Waals surface area contributed by atoms with Crippen molar-refractivity contribution in [3.8, 4) is 11.8 Å². The fourth-order valence-corrected chi connectivity index (χ4v) is 4.99. The minimum absolute atomic E-state index is 0.327. The van der Waals surface area contributed by atoms with Crippen LogP contribution in [0.15, 0.2) is 59.2 Å². The lowest BCUT2D eigenvalue weighted by atomic mass is 10.0. The Bertz CT molecular complexity index is 1420. The molecule has 188 valence electrons. The summed E-state index contributed by atoms with van der Waals surface area (Å²) in [6.45, 7) is 8.63. The van der Waals surface area contributed by atoms with Gasteiger partial charge in [-0.3, -0.25) is 9.98 Å². The second-order valence-electron chi connectivity index (χ2n) is 9.93. The van der Waals surface area contributed by atoms with Crippen molar-refractivity contribution in [1.82, 2.24) is 19.9 Å². The first-order chi connectivity index (χ1) is 18.0. The average Bonchev–Trinajstić information content (AvgIpc) is 3.53. The first-order valence-corrected chi connectivity index (χ1v) is 12.8. The summed E-state index contributed by atoms with van der Waals surface area (Å²) >= 11 is 0. The van der Waals surface area contributed by atoms with Gasteiger partial charge in [0.1, 0.15) is 23.2 Å². The maximum atomic E-state index is 6.32. The highest BCUT2D eigenvalue weighted by Crippen LogP contribution is 2.35. The molecule has 0 saturated carbocycles. The summed E-state index contributed by atoms with van der Waals surface area (Å²) in [6, 6.07) is 12.4. The molecule has 1 N–H and O–H groups in total. The smallest absolute Gasteiger partial charge is 0.325 e.